The molecule has 0 heterocycles. The van der Waals surface area contributed by atoms with E-state index in [9.17, 15) is 4.79 Å². The maximum absolute atomic E-state index is 12.7. The zero-order valence-electron chi connectivity index (χ0n) is 16.1. The van der Waals surface area contributed by atoms with Crippen LogP contribution >= 0.6 is 0 Å². The number of hydrogen-bond acceptors (Lipinski definition) is 5. The lowest BCUT2D eigenvalue weighted by molar-refractivity contribution is -0.106. The Balaban J connectivity index is 2.52. The topological polar surface area (TPSA) is 77.0 Å². The highest BCUT2D eigenvalue weighted by molar-refractivity contribution is 6.05. The lowest BCUT2D eigenvalue weighted by Crippen LogP contribution is -2.14. The molecule has 0 bridgehead atoms. The van der Waals surface area contributed by atoms with Crippen molar-refractivity contribution < 1.29 is 24.1 Å². The minimum atomic E-state index is -0.627. The predicted molar refractivity (Wildman–Crippen MR) is 107 cm³/mol. The summed E-state index contributed by atoms with van der Waals surface area (Å²) < 4.78 is 16.1. The molecule has 6 heteroatoms. The van der Waals surface area contributed by atoms with Crippen molar-refractivity contribution in [3.63, 3.8) is 0 Å². The third kappa shape index (κ3) is 5.44. The van der Waals surface area contributed by atoms with Crippen LogP contribution in [0.5, 0.6) is 5.75 Å². The number of aliphatic hydroxyl groups excluding tert-OH is 1. The van der Waals surface area contributed by atoms with E-state index in [1.807, 2.05) is 6.07 Å². The van der Waals surface area contributed by atoms with Gasteiger partial charge in [0.25, 0.3) is 5.91 Å². The van der Waals surface area contributed by atoms with E-state index >= 15 is 0 Å². The van der Waals surface area contributed by atoms with Gasteiger partial charge in [-0.3, -0.25) is 4.79 Å². The third-order valence-electron chi connectivity index (χ3n) is 3.83. The molecule has 0 spiro atoms. The summed E-state index contributed by atoms with van der Waals surface area (Å²) in [6.07, 6.45) is 2.42. The fourth-order valence-electron chi connectivity index (χ4n) is 2.54. The highest BCUT2D eigenvalue weighted by atomic mass is 16.7. The molecule has 146 valence electrons. The summed E-state index contributed by atoms with van der Waals surface area (Å²) in [7, 11) is 4.57. The maximum atomic E-state index is 12.7. The Bertz CT molecular complexity index is 877. The summed E-state index contributed by atoms with van der Waals surface area (Å²) in [5, 5.41) is 11.7. The van der Waals surface area contributed by atoms with E-state index in [2.05, 4.69) is 17.2 Å². The van der Waals surface area contributed by atoms with E-state index in [4.69, 9.17) is 19.3 Å². The van der Waals surface area contributed by atoms with Gasteiger partial charge in [-0.1, -0.05) is 36.1 Å². The number of anilines is 1. The second kappa shape index (κ2) is 10.9. The number of methoxy groups -OCH3 is 3. The Morgan fingerprint density at radius 2 is 1.89 bits per heavy atom. The fourth-order valence-corrected chi connectivity index (χ4v) is 2.54. The molecule has 28 heavy (non-hydrogen) atoms. The van der Waals surface area contributed by atoms with Crippen molar-refractivity contribution in [1.29, 1.82) is 0 Å². The lowest BCUT2D eigenvalue weighted by Gasteiger charge is -2.18. The molecular formula is C22H23NO5. The zero-order valence-corrected chi connectivity index (χ0v) is 16.1. The number of amides is 1. The monoisotopic (exact) mass is 381 g/mol. The van der Waals surface area contributed by atoms with Gasteiger partial charge in [0, 0.05) is 25.3 Å². The molecular weight excluding hydrogens is 358 g/mol. The van der Waals surface area contributed by atoms with Crippen molar-refractivity contribution >= 4 is 11.6 Å². The molecule has 0 aliphatic rings. The van der Waals surface area contributed by atoms with Gasteiger partial charge >= 0.3 is 0 Å². The molecule has 6 nitrogen and oxygen atoms in total. The van der Waals surface area contributed by atoms with Crippen LogP contribution in [-0.4, -0.2) is 38.9 Å². The first-order chi connectivity index (χ1) is 13.6. The quantitative estimate of drug-likeness (QED) is 0.569. The Morgan fingerprint density at radius 3 is 2.50 bits per heavy atom. The number of rotatable bonds is 7. The van der Waals surface area contributed by atoms with Crippen LogP contribution in [0.2, 0.25) is 0 Å². The normalized spacial score (nSPS) is 10.6. The minimum absolute atomic E-state index is 0.105. The Morgan fingerprint density at radius 1 is 1.18 bits per heavy atom. The SMILES string of the molecule is COc1cc(C(OC)OC)cc(NC(=O)c2ccccc2)c1C#C/C=C/CO. The largest absolute Gasteiger partial charge is 0.495 e. The number of carbonyl (C=O) groups is 1. The number of aliphatic hydroxyl groups is 1. The Labute approximate surface area is 164 Å². The highest BCUT2D eigenvalue weighted by Crippen LogP contribution is 2.32. The first kappa shape index (κ1) is 21.2. The maximum Gasteiger partial charge on any atom is 0.255 e. The first-order valence-electron chi connectivity index (χ1n) is 8.55. The average Bonchev–Trinajstić information content (AvgIpc) is 2.73. The van der Waals surface area contributed by atoms with Crippen molar-refractivity contribution in [1.82, 2.24) is 0 Å². The number of hydrogen-bond donors (Lipinski definition) is 2. The summed E-state index contributed by atoms with van der Waals surface area (Å²) in [6, 6.07) is 12.3. The van der Waals surface area contributed by atoms with Gasteiger partial charge in [-0.2, -0.15) is 0 Å². The van der Waals surface area contributed by atoms with E-state index in [1.54, 1.807) is 36.4 Å². The van der Waals surface area contributed by atoms with Crippen LogP contribution in [-0.2, 0) is 9.47 Å². The molecule has 2 aromatic rings. The zero-order chi connectivity index (χ0) is 20.4. The van der Waals surface area contributed by atoms with E-state index in [-0.39, 0.29) is 12.5 Å². The molecule has 0 aliphatic heterocycles. The molecule has 0 aromatic heterocycles. The van der Waals surface area contributed by atoms with Crippen LogP contribution < -0.4 is 10.1 Å². The van der Waals surface area contributed by atoms with E-state index in [0.717, 1.165) is 0 Å². The second-order valence-electron chi connectivity index (χ2n) is 5.62. The van der Waals surface area contributed by atoms with Gasteiger partial charge in [-0.05, 0) is 30.3 Å². The molecule has 0 saturated heterocycles. The number of carbonyl (C=O) groups excluding carboxylic acids is 1. The summed E-state index contributed by atoms with van der Waals surface area (Å²) >= 11 is 0. The van der Waals surface area contributed by atoms with E-state index < -0.39 is 6.29 Å². The van der Waals surface area contributed by atoms with Gasteiger partial charge < -0.3 is 24.6 Å². The van der Waals surface area contributed by atoms with Crippen molar-refractivity contribution in [3.05, 3.63) is 71.3 Å². The number of nitrogens with one attached hydrogen (secondary N) is 1. The van der Waals surface area contributed by atoms with Crippen LogP contribution in [0.4, 0.5) is 5.69 Å². The van der Waals surface area contributed by atoms with Gasteiger partial charge in [-0.15, -0.1) is 0 Å². The average molecular weight is 381 g/mol. The van der Waals surface area contributed by atoms with E-state index in [0.29, 0.717) is 28.1 Å². The smallest absolute Gasteiger partial charge is 0.255 e. The van der Waals surface area contributed by atoms with Gasteiger partial charge in [-0.25, -0.2) is 0 Å². The van der Waals surface area contributed by atoms with Crippen LogP contribution in [0.25, 0.3) is 0 Å². The number of ether oxygens (including phenoxy) is 3. The Hall–Kier alpha value is -3.11. The van der Waals surface area contributed by atoms with Crippen LogP contribution in [0.1, 0.15) is 27.8 Å². The molecule has 0 saturated carbocycles. The summed E-state index contributed by atoms with van der Waals surface area (Å²) in [4.78, 5) is 12.7. The van der Waals surface area contributed by atoms with Gasteiger partial charge in [0.2, 0.25) is 0 Å². The van der Waals surface area contributed by atoms with Crippen LogP contribution in [0.3, 0.4) is 0 Å². The van der Waals surface area contributed by atoms with Crippen LogP contribution in [0, 0.1) is 11.8 Å². The molecule has 0 atom stereocenters. The lowest BCUT2D eigenvalue weighted by atomic mass is 10.1. The van der Waals surface area contributed by atoms with Crippen molar-refractivity contribution in [2.75, 3.05) is 33.3 Å². The molecule has 2 N–H and O–H groups in total. The first-order valence-corrected chi connectivity index (χ1v) is 8.55. The minimum Gasteiger partial charge on any atom is -0.495 e. The van der Waals surface area contributed by atoms with Crippen LogP contribution in [0.15, 0.2) is 54.6 Å². The standard InChI is InChI=1S/C22H23NO5/c1-26-20-15-17(22(27-2)28-3)14-19(18(20)12-8-5-9-13-24)23-21(25)16-10-6-4-7-11-16/h4-7,9-11,14-15,22,24H,13H2,1-3H3,(H,23,25)/b9-5+. The van der Waals surface area contributed by atoms with Gasteiger partial charge in [0.1, 0.15) is 5.75 Å². The second-order valence-corrected chi connectivity index (χ2v) is 5.62. The number of allylic oxidation sites excluding steroid dienone is 1. The van der Waals surface area contributed by atoms with Gasteiger partial charge in [0.05, 0.1) is 25.0 Å². The number of benzene rings is 2. The summed E-state index contributed by atoms with van der Waals surface area (Å²) in [5.74, 6) is 5.97. The predicted octanol–water partition coefficient (Wildman–Crippen LogP) is 3.14. The molecule has 2 rings (SSSR count). The van der Waals surface area contributed by atoms with Crippen molar-refractivity contribution in [2.24, 2.45) is 0 Å². The molecule has 1 amide bonds. The molecule has 0 fully saturated rings. The fraction of sp³-hybridized carbons (Fsp3) is 0.227. The van der Waals surface area contributed by atoms with Crippen molar-refractivity contribution in [2.45, 2.75) is 6.29 Å². The summed E-state index contributed by atoms with van der Waals surface area (Å²) in [5.41, 5.74) is 2.15. The summed E-state index contributed by atoms with van der Waals surface area (Å²) in [6.45, 7) is -0.105. The Kier molecular flexibility index (Phi) is 8.25. The van der Waals surface area contributed by atoms with Crippen molar-refractivity contribution in [3.8, 4) is 17.6 Å². The highest BCUT2D eigenvalue weighted by Gasteiger charge is 2.18. The molecule has 0 aliphatic carbocycles. The molecule has 0 unspecified atom stereocenters. The molecule has 2 aromatic carbocycles. The third-order valence-corrected chi connectivity index (χ3v) is 3.83. The van der Waals surface area contributed by atoms with Gasteiger partial charge in [0.15, 0.2) is 6.29 Å². The molecule has 0 radical (unpaired) electrons. The van der Waals surface area contributed by atoms with E-state index in [1.165, 1.54) is 33.5 Å².